The highest BCUT2D eigenvalue weighted by molar-refractivity contribution is 6.30. The Hall–Kier alpha value is -2.32. The molecular weight excluding hydrogens is 396 g/mol. The van der Waals surface area contributed by atoms with Gasteiger partial charge < -0.3 is 15.0 Å². The number of hydrogen-bond donors (Lipinski definition) is 2. The molecular formula is C20H27ClN4O4. The Morgan fingerprint density at radius 3 is 2.59 bits per heavy atom. The van der Waals surface area contributed by atoms with Crippen LogP contribution in [0.4, 0.5) is 4.79 Å². The van der Waals surface area contributed by atoms with Crippen molar-refractivity contribution in [2.75, 3.05) is 26.7 Å². The topological polar surface area (TPSA) is 91.0 Å². The van der Waals surface area contributed by atoms with Crippen molar-refractivity contribution in [1.29, 1.82) is 0 Å². The lowest BCUT2D eigenvalue weighted by molar-refractivity contribution is -0.140. The first-order valence-corrected chi connectivity index (χ1v) is 10.3. The van der Waals surface area contributed by atoms with Crippen LogP contribution in [-0.4, -0.2) is 60.0 Å². The molecule has 1 saturated heterocycles. The SMILES string of the molecule is CN(CCOc1ccc(Cl)cc1)CCC(=O)NN1C(=O)NC2(CCCCC2)C1=O. The van der Waals surface area contributed by atoms with Crippen LogP contribution >= 0.6 is 11.6 Å². The second kappa shape index (κ2) is 9.45. The largest absolute Gasteiger partial charge is 0.492 e. The zero-order valence-electron chi connectivity index (χ0n) is 16.6. The standard InChI is InChI=1S/C20H27ClN4O4/c1-24(13-14-29-16-7-5-15(21)6-8-16)12-9-17(26)23-25-18(27)20(22-19(25)28)10-3-2-4-11-20/h5-8H,2-4,9-14H2,1H3,(H,22,28)(H,23,26). The number of imide groups is 1. The van der Waals surface area contributed by atoms with Crippen LogP contribution in [0.15, 0.2) is 24.3 Å². The molecule has 8 nitrogen and oxygen atoms in total. The number of urea groups is 1. The van der Waals surface area contributed by atoms with E-state index in [0.29, 0.717) is 37.6 Å². The van der Waals surface area contributed by atoms with E-state index in [9.17, 15) is 14.4 Å². The van der Waals surface area contributed by atoms with Gasteiger partial charge >= 0.3 is 6.03 Å². The predicted octanol–water partition coefficient (Wildman–Crippen LogP) is 2.33. The van der Waals surface area contributed by atoms with Gasteiger partial charge in [-0.2, -0.15) is 5.01 Å². The van der Waals surface area contributed by atoms with Gasteiger partial charge in [-0.05, 0) is 44.2 Å². The van der Waals surface area contributed by atoms with Gasteiger partial charge in [0, 0.05) is 24.5 Å². The van der Waals surface area contributed by atoms with Crippen LogP contribution in [0.3, 0.4) is 0 Å². The number of hydrogen-bond acceptors (Lipinski definition) is 5. The van der Waals surface area contributed by atoms with Crippen molar-refractivity contribution in [2.45, 2.75) is 44.1 Å². The van der Waals surface area contributed by atoms with Gasteiger partial charge in [-0.25, -0.2) is 4.79 Å². The number of nitrogens with zero attached hydrogens (tertiary/aromatic N) is 2. The summed E-state index contributed by atoms with van der Waals surface area (Å²) in [5.74, 6) is 0.0165. The lowest BCUT2D eigenvalue weighted by Gasteiger charge is -2.30. The third kappa shape index (κ3) is 5.39. The minimum Gasteiger partial charge on any atom is -0.492 e. The smallest absolute Gasteiger partial charge is 0.344 e. The molecule has 2 aliphatic rings. The Bertz CT molecular complexity index is 749. The minimum absolute atomic E-state index is 0.168. The normalized spacial score (nSPS) is 18.2. The van der Waals surface area contributed by atoms with E-state index >= 15 is 0 Å². The predicted molar refractivity (Wildman–Crippen MR) is 108 cm³/mol. The second-order valence-electron chi connectivity index (χ2n) is 7.60. The molecule has 1 spiro atoms. The molecule has 1 aromatic rings. The highest BCUT2D eigenvalue weighted by Crippen LogP contribution is 2.32. The fourth-order valence-electron chi connectivity index (χ4n) is 3.65. The second-order valence-corrected chi connectivity index (χ2v) is 8.04. The number of carbonyl (C=O) groups excluding carboxylic acids is 3. The molecule has 2 fully saturated rings. The molecule has 0 atom stereocenters. The number of rotatable bonds is 8. The maximum absolute atomic E-state index is 12.7. The molecule has 0 unspecified atom stereocenters. The first kappa shape index (κ1) is 21.4. The summed E-state index contributed by atoms with van der Waals surface area (Å²) in [5, 5.41) is 4.27. The van der Waals surface area contributed by atoms with Crippen LogP contribution < -0.4 is 15.5 Å². The summed E-state index contributed by atoms with van der Waals surface area (Å²) in [6.07, 6.45) is 4.28. The summed E-state index contributed by atoms with van der Waals surface area (Å²) in [7, 11) is 1.88. The average Bonchev–Trinajstić information content (AvgIpc) is 2.92. The zero-order valence-corrected chi connectivity index (χ0v) is 17.3. The van der Waals surface area contributed by atoms with Crippen molar-refractivity contribution < 1.29 is 19.1 Å². The van der Waals surface area contributed by atoms with Gasteiger partial charge in [-0.15, -0.1) is 0 Å². The van der Waals surface area contributed by atoms with E-state index in [4.69, 9.17) is 16.3 Å². The lowest BCUT2D eigenvalue weighted by Crippen LogP contribution is -2.51. The van der Waals surface area contributed by atoms with Crippen molar-refractivity contribution in [3.63, 3.8) is 0 Å². The Morgan fingerprint density at radius 1 is 1.21 bits per heavy atom. The highest BCUT2D eigenvalue weighted by Gasteiger charge is 2.52. The summed E-state index contributed by atoms with van der Waals surface area (Å²) in [4.78, 5) is 39.0. The third-order valence-electron chi connectivity index (χ3n) is 5.38. The van der Waals surface area contributed by atoms with Gasteiger partial charge in [-0.3, -0.25) is 15.0 Å². The van der Waals surface area contributed by atoms with E-state index in [1.807, 2.05) is 11.9 Å². The number of amides is 4. The van der Waals surface area contributed by atoms with Gasteiger partial charge in [0.05, 0.1) is 0 Å². The van der Waals surface area contributed by atoms with E-state index in [1.54, 1.807) is 24.3 Å². The molecule has 2 N–H and O–H groups in total. The average molecular weight is 423 g/mol. The van der Waals surface area contributed by atoms with E-state index in [-0.39, 0.29) is 18.2 Å². The summed E-state index contributed by atoms with van der Waals surface area (Å²) in [5.41, 5.74) is 1.62. The summed E-state index contributed by atoms with van der Waals surface area (Å²) >= 11 is 5.84. The Labute approximate surface area is 175 Å². The van der Waals surface area contributed by atoms with Gasteiger partial charge in [0.15, 0.2) is 0 Å². The molecule has 1 aliphatic heterocycles. The van der Waals surface area contributed by atoms with Gasteiger partial charge in [0.25, 0.3) is 5.91 Å². The Balaban J connectivity index is 1.38. The fourth-order valence-corrected chi connectivity index (χ4v) is 3.78. The number of carbonyl (C=O) groups is 3. The number of benzene rings is 1. The van der Waals surface area contributed by atoms with Crippen molar-refractivity contribution in [1.82, 2.24) is 20.7 Å². The van der Waals surface area contributed by atoms with Gasteiger partial charge in [-0.1, -0.05) is 30.9 Å². The monoisotopic (exact) mass is 422 g/mol. The van der Waals surface area contributed by atoms with Crippen molar-refractivity contribution >= 4 is 29.4 Å². The number of likely N-dealkylation sites (N-methyl/N-ethyl adjacent to an activating group) is 1. The molecule has 1 heterocycles. The quantitative estimate of drug-likeness (QED) is 0.627. The summed E-state index contributed by atoms with van der Waals surface area (Å²) in [6, 6.07) is 6.58. The van der Waals surface area contributed by atoms with Crippen molar-refractivity contribution in [3.05, 3.63) is 29.3 Å². The molecule has 158 valence electrons. The first-order valence-electron chi connectivity index (χ1n) is 9.93. The molecule has 1 aromatic carbocycles. The van der Waals surface area contributed by atoms with Crippen LogP contribution in [0.25, 0.3) is 0 Å². The first-order chi connectivity index (χ1) is 13.9. The molecule has 0 radical (unpaired) electrons. The summed E-state index contributed by atoms with van der Waals surface area (Å²) < 4.78 is 5.63. The Morgan fingerprint density at radius 2 is 1.90 bits per heavy atom. The maximum atomic E-state index is 12.7. The van der Waals surface area contributed by atoms with Crippen LogP contribution in [0.1, 0.15) is 38.5 Å². The zero-order chi connectivity index (χ0) is 20.9. The molecule has 29 heavy (non-hydrogen) atoms. The van der Waals surface area contributed by atoms with E-state index in [1.165, 1.54) is 0 Å². The van der Waals surface area contributed by atoms with E-state index in [0.717, 1.165) is 30.0 Å². The molecule has 1 saturated carbocycles. The number of halogens is 1. The highest BCUT2D eigenvalue weighted by atomic mass is 35.5. The van der Waals surface area contributed by atoms with Gasteiger partial charge in [0.1, 0.15) is 17.9 Å². The molecule has 0 aromatic heterocycles. The molecule has 9 heteroatoms. The Kier molecular flexibility index (Phi) is 6.97. The lowest BCUT2D eigenvalue weighted by atomic mass is 9.82. The van der Waals surface area contributed by atoms with Gasteiger partial charge in [0.2, 0.25) is 5.91 Å². The maximum Gasteiger partial charge on any atom is 0.344 e. The van der Waals surface area contributed by atoms with Crippen LogP contribution in [0, 0.1) is 0 Å². The molecule has 0 bridgehead atoms. The van der Waals surface area contributed by atoms with Crippen LogP contribution in [0.2, 0.25) is 5.02 Å². The molecule has 1 aliphatic carbocycles. The van der Waals surface area contributed by atoms with Crippen molar-refractivity contribution in [2.24, 2.45) is 0 Å². The van der Waals surface area contributed by atoms with E-state index in [2.05, 4.69) is 10.7 Å². The fraction of sp³-hybridized carbons (Fsp3) is 0.550. The summed E-state index contributed by atoms with van der Waals surface area (Å²) in [6.45, 7) is 1.57. The minimum atomic E-state index is -0.835. The third-order valence-corrected chi connectivity index (χ3v) is 5.63. The van der Waals surface area contributed by atoms with Crippen LogP contribution in [0.5, 0.6) is 5.75 Å². The number of nitrogens with one attached hydrogen (secondary N) is 2. The van der Waals surface area contributed by atoms with E-state index < -0.39 is 11.6 Å². The van der Waals surface area contributed by atoms with Crippen LogP contribution in [-0.2, 0) is 9.59 Å². The molecule has 4 amide bonds. The van der Waals surface area contributed by atoms with Crippen molar-refractivity contribution in [3.8, 4) is 5.75 Å². The molecule has 3 rings (SSSR count). The number of ether oxygens (including phenoxy) is 1. The number of hydrazine groups is 1.